The molecule has 7 heteroatoms. The van der Waals surface area contributed by atoms with Crippen molar-refractivity contribution in [3.8, 4) is 0 Å². The molecule has 0 radical (unpaired) electrons. The number of hydrogen-bond donors (Lipinski definition) is 2. The van der Waals surface area contributed by atoms with Gasteiger partial charge in [0.05, 0.1) is 13.2 Å². The number of hydrogen-bond acceptors (Lipinski definition) is 5. The fourth-order valence-corrected chi connectivity index (χ4v) is 3.59. The van der Waals surface area contributed by atoms with Crippen molar-refractivity contribution >= 4 is 10.0 Å². The summed E-state index contributed by atoms with van der Waals surface area (Å²) in [6.07, 6.45) is 1.61. The lowest BCUT2D eigenvalue weighted by Crippen LogP contribution is -2.38. The van der Waals surface area contributed by atoms with E-state index in [0.717, 1.165) is 19.4 Å². The summed E-state index contributed by atoms with van der Waals surface area (Å²) >= 11 is 0. The monoisotopic (exact) mass is 318 g/mol. The molecule has 0 fully saturated rings. The molecule has 1 heterocycles. The highest BCUT2D eigenvalue weighted by atomic mass is 32.2. The molecule has 1 aromatic rings. The zero-order valence-electron chi connectivity index (χ0n) is 13.2. The number of sulfonamides is 1. The second-order valence-corrected chi connectivity index (χ2v) is 6.66. The van der Waals surface area contributed by atoms with E-state index >= 15 is 0 Å². The van der Waals surface area contributed by atoms with Crippen LogP contribution >= 0.6 is 0 Å². The van der Waals surface area contributed by atoms with Gasteiger partial charge in [0.15, 0.2) is 0 Å². The Morgan fingerprint density at radius 2 is 2.10 bits per heavy atom. The van der Waals surface area contributed by atoms with Crippen molar-refractivity contribution in [2.24, 2.45) is 0 Å². The third-order valence-corrected chi connectivity index (χ3v) is 4.72. The molecule has 0 aliphatic rings. The summed E-state index contributed by atoms with van der Waals surface area (Å²) in [5, 5.41) is 3.11. The smallest absolute Gasteiger partial charge is 0.244 e. The number of rotatable bonds is 10. The van der Waals surface area contributed by atoms with Gasteiger partial charge >= 0.3 is 0 Å². The molecule has 0 saturated heterocycles. The van der Waals surface area contributed by atoms with Gasteiger partial charge in [0.1, 0.15) is 16.4 Å². The Labute approximate surface area is 127 Å². The number of furan rings is 1. The van der Waals surface area contributed by atoms with Crippen LogP contribution in [0.5, 0.6) is 0 Å². The number of nitrogens with one attached hydrogen (secondary N) is 2. The van der Waals surface area contributed by atoms with Crippen molar-refractivity contribution in [1.82, 2.24) is 10.0 Å². The molecule has 1 rings (SSSR count). The van der Waals surface area contributed by atoms with Crippen LogP contribution in [0, 0.1) is 6.92 Å². The molecule has 0 aromatic carbocycles. The molecule has 0 amide bonds. The summed E-state index contributed by atoms with van der Waals surface area (Å²) in [5.74, 6) is 1.02. The predicted molar refractivity (Wildman–Crippen MR) is 81.7 cm³/mol. The van der Waals surface area contributed by atoms with Crippen LogP contribution in [0.2, 0.25) is 0 Å². The van der Waals surface area contributed by atoms with E-state index in [2.05, 4.69) is 10.0 Å². The summed E-state index contributed by atoms with van der Waals surface area (Å²) in [7, 11) is -2.03. The Balaban J connectivity index is 2.88. The number of methoxy groups -OCH3 is 1. The summed E-state index contributed by atoms with van der Waals surface area (Å²) in [6, 6.07) is 1.35. The molecule has 1 unspecified atom stereocenters. The molecule has 0 aliphatic heterocycles. The molecule has 0 bridgehead atoms. The van der Waals surface area contributed by atoms with Gasteiger partial charge in [0.2, 0.25) is 10.0 Å². The van der Waals surface area contributed by atoms with Gasteiger partial charge < -0.3 is 14.5 Å². The average Bonchev–Trinajstić information content (AvgIpc) is 2.78. The van der Waals surface area contributed by atoms with E-state index < -0.39 is 10.0 Å². The summed E-state index contributed by atoms with van der Waals surface area (Å²) in [4.78, 5) is 0.201. The molecule has 6 nitrogen and oxygen atoms in total. The topological polar surface area (TPSA) is 80.6 Å². The summed E-state index contributed by atoms with van der Waals surface area (Å²) in [5.41, 5.74) is 0. The van der Waals surface area contributed by atoms with Crippen LogP contribution in [-0.2, 0) is 21.3 Å². The van der Waals surface area contributed by atoms with Crippen LogP contribution in [0.15, 0.2) is 15.4 Å². The first kappa shape index (κ1) is 18.2. The predicted octanol–water partition coefficient (Wildman–Crippen LogP) is 1.79. The van der Waals surface area contributed by atoms with Crippen LogP contribution in [0.25, 0.3) is 0 Å². The van der Waals surface area contributed by atoms with Gasteiger partial charge in [-0.3, -0.25) is 0 Å². The minimum absolute atomic E-state index is 0.201. The Morgan fingerprint density at radius 1 is 1.38 bits per heavy atom. The maximum Gasteiger partial charge on any atom is 0.244 e. The maximum atomic E-state index is 12.5. The molecule has 1 aromatic heterocycles. The van der Waals surface area contributed by atoms with Crippen molar-refractivity contribution in [1.29, 1.82) is 0 Å². The van der Waals surface area contributed by atoms with Crippen molar-refractivity contribution in [2.75, 3.05) is 20.3 Å². The van der Waals surface area contributed by atoms with Gasteiger partial charge in [-0.25, -0.2) is 13.1 Å². The fraction of sp³-hybridized carbons (Fsp3) is 0.714. The van der Waals surface area contributed by atoms with Crippen molar-refractivity contribution in [3.05, 3.63) is 17.6 Å². The number of aryl methyl sites for hydroxylation is 1. The normalized spacial score (nSPS) is 13.5. The van der Waals surface area contributed by atoms with Gasteiger partial charge in [-0.2, -0.15) is 0 Å². The molecule has 0 saturated carbocycles. The van der Waals surface area contributed by atoms with Crippen LogP contribution < -0.4 is 10.0 Å². The first-order chi connectivity index (χ1) is 9.94. The van der Waals surface area contributed by atoms with E-state index in [1.807, 2.05) is 13.8 Å². The quantitative estimate of drug-likeness (QED) is 0.687. The lowest BCUT2D eigenvalue weighted by Gasteiger charge is -2.16. The van der Waals surface area contributed by atoms with E-state index in [4.69, 9.17) is 9.15 Å². The van der Waals surface area contributed by atoms with Crippen molar-refractivity contribution in [2.45, 2.75) is 51.1 Å². The molecule has 2 N–H and O–H groups in total. The van der Waals surface area contributed by atoms with Crippen LogP contribution in [0.3, 0.4) is 0 Å². The molecular formula is C14H26N2O4S. The highest BCUT2D eigenvalue weighted by molar-refractivity contribution is 7.89. The highest BCUT2D eigenvalue weighted by Crippen LogP contribution is 2.20. The van der Waals surface area contributed by atoms with Crippen LogP contribution in [0.4, 0.5) is 0 Å². The minimum Gasteiger partial charge on any atom is -0.464 e. The summed E-state index contributed by atoms with van der Waals surface area (Å²) in [6.45, 7) is 7.32. The zero-order valence-corrected chi connectivity index (χ0v) is 14.0. The van der Waals surface area contributed by atoms with Crippen LogP contribution in [0.1, 0.15) is 38.2 Å². The third kappa shape index (κ3) is 5.43. The SMILES string of the molecule is CCCC(COC)NS(=O)(=O)c1cc(CNCC)oc1C. The first-order valence-electron chi connectivity index (χ1n) is 7.25. The van der Waals surface area contributed by atoms with Gasteiger partial charge in [-0.05, 0) is 19.9 Å². The van der Waals surface area contributed by atoms with Gasteiger partial charge in [-0.15, -0.1) is 0 Å². The van der Waals surface area contributed by atoms with Gasteiger partial charge in [0, 0.05) is 19.2 Å². The molecule has 122 valence electrons. The third-order valence-electron chi connectivity index (χ3n) is 3.09. The molecule has 0 spiro atoms. The Hall–Kier alpha value is -0.890. The molecule has 21 heavy (non-hydrogen) atoms. The lowest BCUT2D eigenvalue weighted by molar-refractivity contribution is 0.171. The standard InChI is InChI=1S/C14H26N2O4S/c1-5-7-12(10-19-4)16-21(17,18)14-8-13(9-15-6-2)20-11(14)3/h8,12,15-16H,5-7,9-10H2,1-4H3. The second-order valence-electron chi connectivity index (χ2n) is 4.98. The van der Waals surface area contributed by atoms with E-state index in [1.165, 1.54) is 0 Å². The minimum atomic E-state index is -3.59. The average molecular weight is 318 g/mol. The Kier molecular flexibility index (Phi) is 7.37. The Morgan fingerprint density at radius 3 is 2.67 bits per heavy atom. The van der Waals surface area contributed by atoms with E-state index in [-0.39, 0.29) is 10.9 Å². The van der Waals surface area contributed by atoms with Gasteiger partial charge in [-0.1, -0.05) is 20.3 Å². The fourth-order valence-electron chi connectivity index (χ4n) is 2.14. The lowest BCUT2D eigenvalue weighted by atomic mass is 10.2. The molecule has 1 atom stereocenters. The maximum absolute atomic E-state index is 12.5. The van der Waals surface area contributed by atoms with Crippen molar-refractivity contribution < 1.29 is 17.6 Å². The number of ether oxygens (including phenoxy) is 1. The molecule has 0 aliphatic carbocycles. The van der Waals surface area contributed by atoms with E-state index in [0.29, 0.717) is 24.7 Å². The van der Waals surface area contributed by atoms with Crippen LogP contribution in [-0.4, -0.2) is 34.7 Å². The first-order valence-corrected chi connectivity index (χ1v) is 8.74. The Bertz CT molecular complexity index is 519. The second kappa shape index (κ2) is 8.53. The summed E-state index contributed by atoms with van der Waals surface area (Å²) < 4.78 is 38.2. The van der Waals surface area contributed by atoms with E-state index in [9.17, 15) is 8.42 Å². The van der Waals surface area contributed by atoms with E-state index in [1.54, 1.807) is 20.1 Å². The van der Waals surface area contributed by atoms with Crippen molar-refractivity contribution in [3.63, 3.8) is 0 Å². The zero-order chi connectivity index (χ0) is 15.9. The molecular weight excluding hydrogens is 292 g/mol. The van der Waals surface area contributed by atoms with Gasteiger partial charge in [0.25, 0.3) is 0 Å². The highest BCUT2D eigenvalue weighted by Gasteiger charge is 2.24. The largest absolute Gasteiger partial charge is 0.464 e.